The minimum Gasteiger partial charge on any atom is -0.491 e. The molecule has 0 aromatic heterocycles. The van der Waals surface area contributed by atoms with Gasteiger partial charge in [0.2, 0.25) is 23.6 Å². The third-order valence-corrected chi connectivity index (χ3v) is 8.94. The second kappa shape index (κ2) is 20.5. The van der Waals surface area contributed by atoms with Gasteiger partial charge in [0.15, 0.2) is 0 Å². The van der Waals surface area contributed by atoms with Gasteiger partial charge in [-0.3, -0.25) is 24.0 Å². The van der Waals surface area contributed by atoms with Crippen LogP contribution in [0.1, 0.15) is 94.8 Å². The topological polar surface area (TPSA) is 186 Å². The Morgan fingerprint density at radius 3 is 2.42 bits per heavy atom. The van der Waals surface area contributed by atoms with Gasteiger partial charge < -0.3 is 40.9 Å². The minimum atomic E-state index is -1.35. The van der Waals surface area contributed by atoms with E-state index in [4.69, 9.17) is 4.74 Å². The van der Waals surface area contributed by atoms with E-state index < -0.39 is 41.8 Å². The van der Waals surface area contributed by atoms with Crippen molar-refractivity contribution in [1.29, 1.82) is 0 Å². The predicted octanol–water partition coefficient (Wildman–Crippen LogP) is 2.07. The van der Waals surface area contributed by atoms with Gasteiger partial charge in [-0.25, -0.2) is 4.79 Å². The Hall–Kier alpha value is -4.20. The van der Waals surface area contributed by atoms with E-state index in [1.165, 1.54) is 6.07 Å². The van der Waals surface area contributed by atoms with Crippen molar-refractivity contribution < 1.29 is 38.6 Å². The molecule has 1 aromatic rings. The van der Waals surface area contributed by atoms with Crippen molar-refractivity contribution >= 4 is 35.5 Å². The number of rotatable bonds is 13. The fourth-order valence-corrected chi connectivity index (χ4v) is 6.22. The molecule has 0 unspecified atom stereocenters. The molecule has 278 valence electrons. The first kappa shape index (κ1) is 40.2. The van der Waals surface area contributed by atoms with Crippen LogP contribution < -0.4 is 26.0 Å². The van der Waals surface area contributed by atoms with Crippen LogP contribution in [0, 0.1) is 5.92 Å². The van der Waals surface area contributed by atoms with Crippen molar-refractivity contribution in [2.24, 2.45) is 5.92 Å². The Labute approximate surface area is 295 Å². The van der Waals surface area contributed by atoms with Crippen molar-refractivity contribution in [3.63, 3.8) is 0 Å². The van der Waals surface area contributed by atoms with Gasteiger partial charge in [-0.2, -0.15) is 0 Å². The number of amides is 5. The first-order valence-electron chi connectivity index (χ1n) is 17.9. The maximum Gasteiger partial charge on any atom is 0.326 e. The number of ether oxygens (including phenoxy) is 1. The molecule has 0 saturated carbocycles. The molecular formula is C36H56N6O8. The maximum atomic E-state index is 14.1. The number of benzene rings is 1. The summed E-state index contributed by atoms with van der Waals surface area (Å²) in [4.78, 5) is 82.3. The molecule has 2 aliphatic rings. The van der Waals surface area contributed by atoms with E-state index in [1.54, 1.807) is 23.1 Å². The van der Waals surface area contributed by atoms with E-state index in [0.29, 0.717) is 58.0 Å². The lowest BCUT2D eigenvalue weighted by Crippen LogP contribution is -2.55. The summed E-state index contributed by atoms with van der Waals surface area (Å²) in [5, 5.41) is 21.0. The zero-order chi connectivity index (χ0) is 36.6. The van der Waals surface area contributed by atoms with Crippen LogP contribution in [-0.2, 0) is 24.0 Å². The van der Waals surface area contributed by atoms with Gasteiger partial charge in [-0.15, -0.1) is 0 Å². The van der Waals surface area contributed by atoms with Crippen LogP contribution in [0.3, 0.4) is 0 Å². The van der Waals surface area contributed by atoms with Gasteiger partial charge in [0.25, 0.3) is 5.91 Å². The van der Waals surface area contributed by atoms with Crippen LogP contribution in [0.5, 0.6) is 5.75 Å². The van der Waals surface area contributed by atoms with Gasteiger partial charge in [0.1, 0.15) is 30.5 Å². The number of nitrogens with zero attached hydrogens (tertiary/aromatic N) is 2. The lowest BCUT2D eigenvalue weighted by atomic mass is 10.0. The molecule has 1 aromatic carbocycles. The van der Waals surface area contributed by atoms with Gasteiger partial charge in [-0.05, 0) is 96.5 Å². The normalized spacial score (nSPS) is 22.4. The van der Waals surface area contributed by atoms with E-state index in [9.17, 15) is 33.9 Å². The van der Waals surface area contributed by atoms with Crippen LogP contribution in [0.2, 0.25) is 0 Å². The fraction of sp³-hybridized carbons (Fsp3) is 0.667. The maximum absolute atomic E-state index is 14.1. The number of unbranched alkanes of at least 4 members (excludes halogenated alkanes) is 2. The van der Waals surface area contributed by atoms with E-state index in [2.05, 4.69) is 21.3 Å². The summed E-state index contributed by atoms with van der Waals surface area (Å²) in [6.07, 6.45) is 4.62. The zero-order valence-electron chi connectivity index (χ0n) is 30.0. The quantitative estimate of drug-likeness (QED) is 0.192. The summed E-state index contributed by atoms with van der Waals surface area (Å²) in [5.74, 6) is -2.77. The van der Waals surface area contributed by atoms with Crippen molar-refractivity contribution in [3.05, 3.63) is 29.8 Å². The average Bonchev–Trinajstić information content (AvgIpc) is 3.53. The number of carboxylic acids is 1. The minimum absolute atomic E-state index is 0.0259. The largest absolute Gasteiger partial charge is 0.491 e. The smallest absolute Gasteiger partial charge is 0.326 e. The van der Waals surface area contributed by atoms with Crippen LogP contribution in [0.4, 0.5) is 0 Å². The van der Waals surface area contributed by atoms with E-state index >= 15 is 0 Å². The fourth-order valence-electron chi connectivity index (χ4n) is 6.22. The average molecular weight is 701 g/mol. The van der Waals surface area contributed by atoms with Crippen molar-refractivity contribution in [2.45, 2.75) is 109 Å². The molecule has 14 heteroatoms. The summed E-state index contributed by atoms with van der Waals surface area (Å²) in [6.45, 7) is 5.77. The molecule has 1 fully saturated rings. The molecule has 14 nitrogen and oxygen atoms in total. The van der Waals surface area contributed by atoms with Crippen molar-refractivity contribution in [2.75, 3.05) is 40.3 Å². The van der Waals surface area contributed by atoms with Crippen LogP contribution in [0.15, 0.2) is 24.3 Å². The number of hydrogen-bond donors (Lipinski definition) is 5. The molecule has 1 saturated heterocycles. The Balaban J connectivity index is 1.87. The van der Waals surface area contributed by atoms with Gasteiger partial charge in [0, 0.05) is 25.9 Å². The second-order valence-electron chi connectivity index (χ2n) is 14.0. The summed E-state index contributed by atoms with van der Waals surface area (Å²) in [7, 11) is 3.90. The first-order chi connectivity index (χ1) is 23.8. The summed E-state index contributed by atoms with van der Waals surface area (Å²) in [5.41, 5.74) is 0.142. The highest BCUT2D eigenvalue weighted by atomic mass is 16.5. The van der Waals surface area contributed by atoms with E-state index in [0.717, 1.165) is 19.4 Å². The molecule has 0 spiro atoms. The van der Waals surface area contributed by atoms with E-state index in [1.807, 2.05) is 32.8 Å². The van der Waals surface area contributed by atoms with E-state index in [-0.39, 0.29) is 54.5 Å². The third-order valence-electron chi connectivity index (χ3n) is 8.94. The number of nitrogens with one attached hydrogen (secondary N) is 4. The standard InChI is InChI=1S/C36H56N6O8/c1-24(2)22-32(44)37-19-9-7-15-28-35(47)42-21-11-12-25(42)23-50-30-16-6-5-13-26(30)33(45)40-29(36(48)49)17-18-31(43)38-27(34(46)39-28)14-8-10-20-41(3)4/h5-6,13,16,24-25,27-29H,7-12,14-15,17-23H2,1-4H3,(H,37,44)(H,38,43)(H,39,46)(H,40,45)(H,48,49)/t25-,27-,28-,29-/m0/s1. The Morgan fingerprint density at radius 2 is 1.70 bits per heavy atom. The molecule has 0 radical (unpaired) electrons. The highest BCUT2D eigenvalue weighted by Gasteiger charge is 2.36. The van der Waals surface area contributed by atoms with Crippen molar-refractivity contribution in [1.82, 2.24) is 31.1 Å². The molecule has 5 N–H and O–H groups in total. The zero-order valence-corrected chi connectivity index (χ0v) is 30.0. The summed E-state index contributed by atoms with van der Waals surface area (Å²) >= 11 is 0. The Morgan fingerprint density at radius 1 is 0.980 bits per heavy atom. The lowest BCUT2D eigenvalue weighted by Gasteiger charge is -2.31. The molecule has 5 amide bonds. The highest BCUT2D eigenvalue weighted by Crippen LogP contribution is 2.24. The van der Waals surface area contributed by atoms with Crippen molar-refractivity contribution in [3.8, 4) is 5.75 Å². The van der Waals surface area contributed by atoms with Crippen LogP contribution >= 0.6 is 0 Å². The van der Waals surface area contributed by atoms with Crippen LogP contribution in [-0.4, -0.2) is 115 Å². The predicted molar refractivity (Wildman–Crippen MR) is 187 cm³/mol. The van der Waals surface area contributed by atoms with Gasteiger partial charge >= 0.3 is 5.97 Å². The van der Waals surface area contributed by atoms with Gasteiger partial charge in [0.05, 0.1) is 11.6 Å². The number of carbonyl (C=O) groups is 6. The number of para-hydroxylation sites is 1. The molecule has 4 atom stereocenters. The number of carbonyl (C=O) groups excluding carboxylic acids is 5. The Kier molecular flexibility index (Phi) is 16.5. The molecule has 3 rings (SSSR count). The van der Waals surface area contributed by atoms with Crippen LogP contribution in [0.25, 0.3) is 0 Å². The monoisotopic (exact) mass is 700 g/mol. The summed E-state index contributed by atoms with van der Waals surface area (Å²) < 4.78 is 6.09. The molecule has 2 heterocycles. The molecule has 0 bridgehead atoms. The van der Waals surface area contributed by atoms with Gasteiger partial charge in [-0.1, -0.05) is 26.0 Å². The number of carboxylic acid groups (broad SMARTS) is 1. The second-order valence-corrected chi connectivity index (χ2v) is 14.0. The number of aliphatic carboxylic acids is 1. The lowest BCUT2D eigenvalue weighted by molar-refractivity contribution is -0.139. The number of fused-ring (bicyclic) bond motifs is 2. The molecule has 2 aliphatic heterocycles. The third kappa shape index (κ3) is 13.3. The number of hydrogen-bond acceptors (Lipinski definition) is 8. The highest BCUT2D eigenvalue weighted by molar-refractivity contribution is 5.99. The molecule has 0 aliphatic carbocycles. The molecule has 50 heavy (non-hydrogen) atoms. The molecular weight excluding hydrogens is 644 g/mol. The Bertz CT molecular complexity index is 1320. The summed E-state index contributed by atoms with van der Waals surface area (Å²) in [6, 6.07) is 2.99. The first-order valence-corrected chi connectivity index (χ1v) is 17.9. The SMILES string of the molecule is CC(C)CC(=O)NCCCC[C@@H]1NC(=O)[C@H](CCCCN(C)C)NC(=O)CC[C@@H](C(=O)O)NC(=O)c2ccccc2OC[C@@H]2CCCN2C1=O.